The van der Waals surface area contributed by atoms with Crippen LogP contribution in [-0.4, -0.2) is 29.5 Å². The molecule has 0 spiro atoms. The number of hydrogen-bond acceptors (Lipinski definition) is 2. The van der Waals surface area contributed by atoms with Gasteiger partial charge in [0.05, 0.1) is 12.0 Å². The van der Waals surface area contributed by atoms with Crippen LogP contribution in [0.1, 0.15) is 65.7 Å². The molecule has 0 N–H and O–H groups in total. The number of rotatable bonds is 4. The van der Waals surface area contributed by atoms with Crippen molar-refractivity contribution in [2.75, 3.05) is 13.2 Å². The molecule has 0 amide bonds. The van der Waals surface area contributed by atoms with Crippen LogP contribution < -0.4 is 0 Å². The summed E-state index contributed by atoms with van der Waals surface area (Å²) < 4.78 is 7.71. The fourth-order valence-electron chi connectivity index (χ4n) is 5.78. The minimum atomic E-state index is 0.382. The quantitative estimate of drug-likeness (QED) is 0.353. The molecule has 120 valence electrons. The maximum absolute atomic E-state index is 4.97. The monoisotopic (exact) mass is 310 g/mol. The van der Waals surface area contributed by atoms with Crippen LogP contribution in [0.15, 0.2) is 0 Å². The summed E-state index contributed by atoms with van der Waals surface area (Å²) in [6.07, 6.45) is 9.89. The predicted molar refractivity (Wildman–Crippen MR) is 91.1 cm³/mol. The number of fused-ring (bicyclic) bond motifs is 3. The van der Waals surface area contributed by atoms with E-state index in [2.05, 4.69) is 38.3 Å². The van der Waals surface area contributed by atoms with Crippen LogP contribution in [0.2, 0.25) is 0 Å². The summed E-state index contributed by atoms with van der Waals surface area (Å²) in [6, 6.07) is 0.791. The van der Waals surface area contributed by atoms with E-state index >= 15 is 0 Å². The SMILES string of the molecule is CC1=[N+](CCCOS)C2CCC3CCCCC3C2C1(C)C. The maximum Gasteiger partial charge on any atom is 0.156 e. The van der Waals surface area contributed by atoms with Crippen LogP contribution in [0.5, 0.6) is 0 Å². The van der Waals surface area contributed by atoms with Crippen molar-refractivity contribution in [1.29, 1.82) is 0 Å². The Hall–Kier alpha value is -0.0200. The Morgan fingerprint density at radius 2 is 1.95 bits per heavy atom. The minimum absolute atomic E-state index is 0.382. The Morgan fingerprint density at radius 1 is 1.19 bits per heavy atom. The molecule has 2 fully saturated rings. The Bertz CT molecular complexity index is 417. The highest BCUT2D eigenvalue weighted by molar-refractivity contribution is 7.75. The van der Waals surface area contributed by atoms with Crippen molar-refractivity contribution in [3.63, 3.8) is 0 Å². The van der Waals surface area contributed by atoms with Crippen LogP contribution in [0.25, 0.3) is 0 Å². The molecular weight excluding hydrogens is 278 g/mol. The first-order chi connectivity index (χ1) is 10.1. The summed E-state index contributed by atoms with van der Waals surface area (Å²) >= 11 is 3.88. The van der Waals surface area contributed by atoms with E-state index in [1.165, 1.54) is 38.5 Å². The largest absolute Gasteiger partial charge is 0.318 e. The van der Waals surface area contributed by atoms with E-state index in [0.717, 1.165) is 43.4 Å². The lowest BCUT2D eigenvalue weighted by molar-refractivity contribution is -0.570. The van der Waals surface area contributed by atoms with Crippen molar-refractivity contribution >= 4 is 18.6 Å². The molecule has 4 atom stereocenters. The van der Waals surface area contributed by atoms with Gasteiger partial charge in [-0.1, -0.05) is 19.3 Å². The Labute approximate surface area is 136 Å². The lowest BCUT2D eigenvalue weighted by Crippen LogP contribution is -2.46. The van der Waals surface area contributed by atoms with E-state index in [9.17, 15) is 0 Å². The highest BCUT2D eigenvalue weighted by Gasteiger charge is 2.58. The maximum atomic E-state index is 4.97. The van der Waals surface area contributed by atoms with Crippen molar-refractivity contribution in [1.82, 2.24) is 0 Å². The van der Waals surface area contributed by atoms with E-state index < -0.39 is 0 Å². The third-order valence-corrected chi connectivity index (χ3v) is 7.09. The van der Waals surface area contributed by atoms with Crippen LogP contribution in [0.3, 0.4) is 0 Å². The van der Waals surface area contributed by atoms with E-state index in [4.69, 9.17) is 4.18 Å². The molecule has 0 aromatic carbocycles. The second-order valence-corrected chi connectivity index (χ2v) is 8.32. The zero-order valence-corrected chi connectivity index (χ0v) is 14.9. The van der Waals surface area contributed by atoms with E-state index in [1.807, 2.05) is 0 Å². The molecular formula is C18H32NOS+. The molecule has 0 aromatic rings. The summed E-state index contributed by atoms with van der Waals surface area (Å²) in [5, 5.41) is 0. The molecule has 0 aromatic heterocycles. The topological polar surface area (TPSA) is 12.2 Å². The predicted octanol–water partition coefficient (Wildman–Crippen LogP) is 4.34. The first-order valence-corrected chi connectivity index (χ1v) is 9.31. The summed E-state index contributed by atoms with van der Waals surface area (Å²) in [5.74, 6) is 2.88. The van der Waals surface area contributed by atoms with Gasteiger partial charge in [-0.3, -0.25) is 0 Å². The fraction of sp³-hybridized carbons (Fsp3) is 0.944. The third kappa shape index (κ3) is 2.69. The first-order valence-electron chi connectivity index (χ1n) is 8.94. The highest BCUT2D eigenvalue weighted by atomic mass is 32.1. The summed E-state index contributed by atoms with van der Waals surface area (Å²) in [4.78, 5) is 0. The molecule has 0 saturated heterocycles. The number of thiol groups is 1. The van der Waals surface area contributed by atoms with Crippen molar-refractivity contribution in [3.05, 3.63) is 0 Å². The van der Waals surface area contributed by atoms with E-state index in [0.29, 0.717) is 5.41 Å². The van der Waals surface area contributed by atoms with Gasteiger partial charge < -0.3 is 4.18 Å². The average molecular weight is 311 g/mol. The van der Waals surface area contributed by atoms with Gasteiger partial charge in [0.2, 0.25) is 0 Å². The van der Waals surface area contributed by atoms with E-state index in [-0.39, 0.29) is 0 Å². The highest BCUT2D eigenvalue weighted by Crippen LogP contribution is 2.54. The standard InChI is InChI=1S/C18H31NOS/c1-13-18(2,3)17-15-8-5-4-7-14(15)9-10-16(17)19(13)11-6-12-20-21/h14-17H,4-12H2,1-3H3/p+1. The zero-order chi connectivity index (χ0) is 15.0. The van der Waals surface area contributed by atoms with Crippen LogP contribution in [-0.2, 0) is 4.18 Å². The Balaban J connectivity index is 1.82. The molecule has 0 bridgehead atoms. The molecule has 2 saturated carbocycles. The van der Waals surface area contributed by atoms with Gasteiger partial charge in [0.1, 0.15) is 6.54 Å². The van der Waals surface area contributed by atoms with Crippen molar-refractivity contribution in [3.8, 4) is 0 Å². The fourth-order valence-corrected chi connectivity index (χ4v) is 5.91. The summed E-state index contributed by atoms with van der Waals surface area (Å²) in [5.41, 5.74) is 2.01. The molecule has 4 unspecified atom stereocenters. The average Bonchev–Trinajstić information content (AvgIpc) is 2.68. The van der Waals surface area contributed by atoms with Crippen molar-refractivity contribution in [2.24, 2.45) is 23.2 Å². The molecule has 3 heteroatoms. The van der Waals surface area contributed by atoms with Gasteiger partial charge in [-0.25, -0.2) is 4.58 Å². The van der Waals surface area contributed by atoms with Gasteiger partial charge in [-0.2, -0.15) is 0 Å². The summed E-state index contributed by atoms with van der Waals surface area (Å²) in [7, 11) is 0. The summed E-state index contributed by atoms with van der Waals surface area (Å²) in [6.45, 7) is 9.31. The van der Waals surface area contributed by atoms with Crippen molar-refractivity contribution < 1.29 is 8.76 Å². The molecule has 2 nitrogen and oxygen atoms in total. The van der Waals surface area contributed by atoms with Crippen LogP contribution >= 0.6 is 12.9 Å². The van der Waals surface area contributed by atoms with Gasteiger partial charge in [-0.05, 0) is 51.4 Å². The van der Waals surface area contributed by atoms with Gasteiger partial charge in [0.25, 0.3) is 0 Å². The lowest BCUT2D eigenvalue weighted by atomic mass is 9.57. The third-order valence-electron chi connectivity index (χ3n) is 6.91. The molecule has 3 rings (SSSR count). The molecule has 1 heterocycles. The van der Waals surface area contributed by atoms with E-state index in [1.54, 1.807) is 5.71 Å². The second kappa shape index (κ2) is 6.23. The molecule has 0 radical (unpaired) electrons. The normalized spacial score (nSPS) is 38.3. The Kier molecular flexibility index (Phi) is 4.71. The minimum Gasteiger partial charge on any atom is -0.318 e. The molecule has 2 aliphatic carbocycles. The molecule has 1 aliphatic heterocycles. The van der Waals surface area contributed by atoms with Gasteiger partial charge >= 0.3 is 0 Å². The lowest BCUT2D eigenvalue weighted by Gasteiger charge is -2.45. The van der Waals surface area contributed by atoms with Crippen LogP contribution in [0.4, 0.5) is 0 Å². The zero-order valence-electron chi connectivity index (χ0n) is 14.0. The van der Waals surface area contributed by atoms with Gasteiger partial charge in [-0.15, -0.1) is 0 Å². The number of nitrogens with zero attached hydrogens (tertiary/aromatic N) is 1. The van der Waals surface area contributed by atoms with Gasteiger partial charge in [0.15, 0.2) is 11.8 Å². The van der Waals surface area contributed by atoms with Gasteiger partial charge in [0, 0.05) is 25.7 Å². The van der Waals surface area contributed by atoms with Crippen LogP contribution in [0, 0.1) is 23.2 Å². The van der Waals surface area contributed by atoms with Crippen molar-refractivity contribution in [2.45, 2.75) is 71.8 Å². The first kappa shape index (κ1) is 15.9. The Morgan fingerprint density at radius 3 is 2.71 bits per heavy atom. The second-order valence-electron chi connectivity index (χ2n) is 8.07. The molecule has 3 aliphatic rings. The smallest absolute Gasteiger partial charge is 0.156 e. The number of hydrogen-bond donors (Lipinski definition) is 1. The molecule has 21 heavy (non-hydrogen) atoms.